The fourth-order valence-electron chi connectivity index (χ4n) is 2.78. The van der Waals surface area contributed by atoms with Crippen molar-refractivity contribution in [2.24, 2.45) is 5.92 Å². The zero-order chi connectivity index (χ0) is 14.6. The monoisotopic (exact) mass is 339 g/mol. The molecule has 1 amide bonds. The van der Waals surface area contributed by atoms with Crippen LogP contribution in [0.5, 0.6) is 5.75 Å². The summed E-state index contributed by atoms with van der Waals surface area (Å²) < 4.78 is 0. The third-order valence-corrected chi connectivity index (χ3v) is 5.31. The Balaban J connectivity index is 1.98. The van der Waals surface area contributed by atoms with Crippen LogP contribution >= 0.6 is 15.9 Å². The number of carbonyl (C=O) groups excluding carboxylic acids is 1. The van der Waals surface area contributed by atoms with E-state index in [0.29, 0.717) is 5.56 Å². The lowest BCUT2D eigenvalue weighted by Crippen LogP contribution is -2.52. The van der Waals surface area contributed by atoms with Crippen molar-refractivity contribution < 1.29 is 9.90 Å². The van der Waals surface area contributed by atoms with Crippen LogP contribution < -0.4 is 5.32 Å². The van der Waals surface area contributed by atoms with Crippen LogP contribution in [0, 0.1) is 5.92 Å². The van der Waals surface area contributed by atoms with E-state index in [0.717, 1.165) is 36.9 Å². The molecular weight excluding hydrogens is 318 g/mol. The van der Waals surface area contributed by atoms with Crippen molar-refractivity contribution in [3.8, 4) is 5.75 Å². The number of para-hydroxylation sites is 1. The number of nitrogens with one attached hydrogen (secondary N) is 1. The Hall–Kier alpha value is -1.03. The largest absolute Gasteiger partial charge is 0.508 e. The number of rotatable bonds is 4. The minimum atomic E-state index is -0.117. The number of hydrogen-bond acceptors (Lipinski definition) is 2. The van der Waals surface area contributed by atoms with Gasteiger partial charge in [0.1, 0.15) is 5.75 Å². The number of alkyl halides is 1. The smallest absolute Gasteiger partial charge is 0.225 e. The van der Waals surface area contributed by atoms with Crippen molar-refractivity contribution in [1.82, 2.24) is 5.32 Å². The molecule has 1 aromatic rings. The number of aromatic hydroxyl groups is 1. The molecule has 0 aromatic heterocycles. The zero-order valence-corrected chi connectivity index (χ0v) is 13.4. The minimum Gasteiger partial charge on any atom is -0.508 e. The Morgan fingerprint density at radius 1 is 1.40 bits per heavy atom. The topological polar surface area (TPSA) is 49.3 Å². The van der Waals surface area contributed by atoms with Crippen LogP contribution in [0.3, 0.4) is 0 Å². The van der Waals surface area contributed by atoms with Gasteiger partial charge in [0, 0.05) is 16.4 Å². The van der Waals surface area contributed by atoms with Gasteiger partial charge in [-0.05, 0) is 37.7 Å². The minimum absolute atomic E-state index is 0.0134. The summed E-state index contributed by atoms with van der Waals surface area (Å²) in [6.45, 7) is 2.27. The van der Waals surface area contributed by atoms with E-state index < -0.39 is 0 Å². The molecule has 1 aromatic carbocycles. The molecule has 1 fully saturated rings. The average Bonchev–Trinajstić information content (AvgIpc) is 2.44. The van der Waals surface area contributed by atoms with Gasteiger partial charge < -0.3 is 10.4 Å². The van der Waals surface area contributed by atoms with Gasteiger partial charge >= 0.3 is 0 Å². The van der Waals surface area contributed by atoms with Crippen molar-refractivity contribution in [3.05, 3.63) is 29.8 Å². The van der Waals surface area contributed by atoms with E-state index in [1.807, 2.05) is 6.07 Å². The number of phenols is 1. The molecule has 0 atom stereocenters. The van der Waals surface area contributed by atoms with E-state index in [-0.39, 0.29) is 23.6 Å². The standard InChI is InChI=1S/C16H22BrNO2/c1-12-6-8-16(11-17,9-7-12)18-15(20)10-13-4-2-3-5-14(13)19/h2-5,12,19H,6-11H2,1H3,(H,18,20). The van der Waals surface area contributed by atoms with Crippen molar-refractivity contribution >= 4 is 21.8 Å². The zero-order valence-electron chi connectivity index (χ0n) is 11.9. The maximum absolute atomic E-state index is 12.2. The Labute approximate surface area is 128 Å². The highest BCUT2D eigenvalue weighted by Crippen LogP contribution is 2.33. The molecule has 0 spiro atoms. The van der Waals surface area contributed by atoms with Crippen molar-refractivity contribution in [2.75, 3.05) is 5.33 Å². The summed E-state index contributed by atoms with van der Waals surface area (Å²) in [7, 11) is 0. The predicted octanol–water partition coefficient (Wildman–Crippen LogP) is 3.39. The van der Waals surface area contributed by atoms with Crippen LogP contribution in [-0.4, -0.2) is 21.9 Å². The maximum atomic E-state index is 12.2. The van der Waals surface area contributed by atoms with E-state index in [1.165, 1.54) is 0 Å². The lowest BCUT2D eigenvalue weighted by molar-refractivity contribution is -0.122. The third kappa shape index (κ3) is 3.75. The summed E-state index contributed by atoms with van der Waals surface area (Å²) in [5, 5.41) is 13.7. The van der Waals surface area contributed by atoms with Gasteiger partial charge in [0.2, 0.25) is 5.91 Å². The first kappa shape index (κ1) is 15.4. The highest BCUT2D eigenvalue weighted by atomic mass is 79.9. The van der Waals surface area contributed by atoms with Crippen LogP contribution in [0.15, 0.2) is 24.3 Å². The maximum Gasteiger partial charge on any atom is 0.225 e. The molecule has 2 rings (SSSR count). The summed E-state index contributed by atoms with van der Waals surface area (Å²) >= 11 is 3.55. The molecule has 1 aliphatic carbocycles. The lowest BCUT2D eigenvalue weighted by atomic mass is 9.78. The number of amides is 1. The average molecular weight is 340 g/mol. The molecule has 1 saturated carbocycles. The second-order valence-electron chi connectivity index (χ2n) is 5.95. The molecule has 0 saturated heterocycles. The van der Waals surface area contributed by atoms with Crippen LogP contribution in [-0.2, 0) is 11.2 Å². The fraction of sp³-hybridized carbons (Fsp3) is 0.562. The summed E-state index contributed by atoms with van der Waals surface area (Å²) in [4.78, 5) is 12.2. The van der Waals surface area contributed by atoms with Gasteiger partial charge in [0.05, 0.1) is 6.42 Å². The van der Waals surface area contributed by atoms with Crippen LogP contribution in [0.1, 0.15) is 38.2 Å². The van der Waals surface area contributed by atoms with Gasteiger partial charge in [-0.1, -0.05) is 41.1 Å². The van der Waals surface area contributed by atoms with Gasteiger partial charge in [-0.2, -0.15) is 0 Å². The van der Waals surface area contributed by atoms with E-state index >= 15 is 0 Å². The Morgan fingerprint density at radius 3 is 2.65 bits per heavy atom. The van der Waals surface area contributed by atoms with Gasteiger partial charge in [-0.15, -0.1) is 0 Å². The first-order valence-electron chi connectivity index (χ1n) is 7.18. The van der Waals surface area contributed by atoms with Crippen LogP contribution in [0.4, 0.5) is 0 Å². The molecule has 4 heteroatoms. The van der Waals surface area contributed by atoms with Gasteiger partial charge in [0.15, 0.2) is 0 Å². The highest BCUT2D eigenvalue weighted by molar-refractivity contribution is 9.09. The van der Waals surface area contributed by atoms with Crippen molar-refractivity contribution in [1.29, 1.82) is 0 Å². The van der Waals surface area contributed by atoms with Gasteiger partial charge in [0.25, 0.3) is 0 Å². The Morgan fingerprint density at radius 2 is 2.05 bits per heavy atom. The van der Waals surface area contributed by atoms with Crippen LogP contribution in [0.25, 0.3) is 0 Å². The van der Waals surface area contributed by atoms with E-state index in [9.17, 15) is 9.90 Å². The molecular formula is C16H22BrNO2. The number of carbonyl (C=O) groups is 1. The number of halogens is 1. The van der Waals surface area contributed by atoms with Crippen molar-refractivity contribution in [3.63, 3.8) is 0 Å². The van der Waals surface area contributed by atoms with Crippen molar-refractivity contribution in [2.45, 2.75) is 44.6 Å². The van der Waals surface area contributed by atoms with E-state index in [1.54, 1.807) is 18.2 Å². The fourth-order valence-corrected chi connectivity index (χ4v) is 3.48. The SMILES string of the molecule is CC1CCC(CBr)(NC(=O)Cc2ccccc2O)CC1. The molecule has 0 bridgehead atoms. The molecule has 110 valence electrons. The normalized spacial score (nSPS) is 26.2. The number of phenolic OH excluding ortho intramolecular Hbond substituents is 1. The Kier molecular flexibility index (Phi) is 5.08. The summed E-state index contributed by atoms with van der Waals surface area (Å²) in [5.41, 5.74) is 0.562. The molecule has 0 heterocycles. The predicted molar refractivity (Wildman–Crippen MR) is 84.1 cm³/mol. The molecule has 1 aliphatic rings. The molecule has 3 nitrogen and oxygen atoms in total. The number of benzene rings is 1. The number of hydrogen-bond donors (Lipinski definition) is 2. The molecule has 0 radical (unpaired) electrons. The Bertz CT molecular complexity index is 467. The third-order valence-electron chi connectivity index (χ3n) is 4.23. The molecule has 0 unspecified atom stereocenters. The second-order valence-corrected chi connectivity index (χ2v) is 6.51. The summed E-state index contributed by atoms with van der Waals surface area (Å²) in [6, 6.07) is 7.01. The molecule has 2 N–H and O–H groups in total. The second kappa shape index (κ2) is 6.61. The van der Waals surface area contributed by atoms with E-state index in [2.05, 4.69) is 28.2 Å². The van der Waals surface area contributed by atoms with E-state index in [4.69, 9.17) is 0 Å². The van der Waals surface area contributed by atoms with Gasteiger partial charge in [-0.3, -0.25) is 4.79 Å². The molecule has 20 heavy (non-hydrogen) atoms. The first-order chi connectivity index (χ1) is 9.54. The molecule has 0 aliphatic heterocycles. The lowest BCUT2D eigenvalue weighted by Gasteiger charge is -2.39. The first-order valence-corrected chi connectivity index (χ1v) is 8.31. The van der Waals surface area contributed by atoms with Gasteiger partial charge in [-0.25, -0.2) is 0 Å². The quantitative estimate of drug-likeness (QED) is 0.826. The summed E-state index contributed by atoms with van der Waals surface area (Å²) in [6.07, 6.45) is 4.58. The summed E-state index contributed by atoms with van der Waals surface area (Å²) in [5.74, 6) is 0.922. The highest BCUT2D eigenvalue weighted by Gasteiger charge is 2.34. The van der Waals surface area contributed by atoms with Crippen LogP contribution in [0.2, 0.25) is 0 Å².